The third kappa shape index (κ3) is 10.8. The second kappa shape index (κ2) is 14.2. The summed E-state index contributed by atoms with van der Waals surface area (Å²) >= 11 is 5.79. The number of ether oxygens (including phenoxy) is 2. The zero-order valence-corrected chi connectivity index (χ0v) is 16.4. The molecule has 0 heterocycles. The van der Waals surface area contributed by atoms with Crippen molar-refractivity contribution < 1.29 is 23.5 Å². The highest BCUT2D eigenvalue weighted by Gasteiger charge is 2.14. The molecule has 0 saturated carbocycles. The normalized spacial score (nSPS) is 10.4. The smallest absolute Gasteiger partial charge is 0.311 e. The van der Waals surface area contributed by atoms with Crippen molar-refractivity contribution in [2.75, 3.05) is 6.61 Å². The molecule has 0 radical (unpaired) electrons. The Morgan fingerprint density at radius 3 is 2.37 bits per heavy atom. The number of rotatable bonds is 14. The number of benzene rings is 1. The van der Waals surface area contributed by atoms with E-state index < -0.39 is 11.8 Å². The van der Waals surface area contributed by atoms with E-state index in [4.69, 9.17) is 21.1 Å². The van der Waals surface area contributed by atoms with Crippen LogP contribution in [0.1, 0.15) is 64.2 Å². The van der Waals surface area contributed by atoms with E-state index in [-0.39, 0.29) is 36.0 Å². The molecule has 0 aliphatic heterocycles. The first kappa shape index (κ1) is 23.2. The maximum atomic E-state index is 13.5. The van der Waals surface area contributed by atoms with E-state index >= 15 is 0 Å². The van der Waals surface area contributed by atoms with E-state index in [0.29, 0.717) is 6.61 Å². The Balaban J connectivity index is 2.05. The molecule has 1 aromatic rings. The van der Waals surface area contributed by atoms with Gasteiger partial charge in [-0.25, -0.2) is 4.39 Å². The molecule has 27 heavy (non-hydrogen) atoms. The molecule has 6 heteroatoms. The maximum Gasteiger partial charge on any atom is 0.311 e. The van der Waals surface area contributed by atoms with E-state index in [2.05, 4.69) is 6.58 Å². The van der Waals surface area contributed by atoms with Crippen LogP contribution in [0.4, 0.5) is 4.39 Å². The Hall–Kier alpha value is -1.88. The monoisotopic (exact) mass is 398 g/mol. The first-order valence-electron chi connectivity index (χ1n) is 9.45. The standard InChI is InChI=1S/C21H28ClFO4/c1-2-3-4-5-6-7-8-9-16-26-19(24)14-11-15-20(25)27-21-17(22)12-10-13-18(21)23/h2,10,12-13H,1,3-9,11,14-16H2. The minimum atomic E-state index is -0.698. The van der Waals surface area contributed by atoms with Crippen LogP contribution < -0.4 is 4.74 Å². The lowest BCUT2D eigenvalue weighted by molar-refractivity contribution is -0.144. The molecule has 150 valence electrons. The van der Waals surface area contributed by atoms with Crippen LogP contribution in [-0.4, -0.2) is 18.5 Å². The van der Waals surface area contributed by atoms with E-state index in [1.807, 2.05) is 6.08 Å². The molecule has 0 aromatic heterocycles. The summed E-state index contributed by atoms with van der Waals surface area (Å²) in [5.74, 6) is -1.95. The van der Waals surface area contributed by atoms with Gasteiger partial charge < -0.3 is 9.47 Å². The maximum absolute atomic E-state index is 13.5. The molecule has 0 amide bonds. The number of halogens is 2. The second-order valence-electron chi connectivity index (χ2n) is 6.30. The first-order chi connectivity index (χ1) is 13.0. The van der Waals surface area contributed by atoms with E-state index in [1.165, 1.54) is 31.4 Å². The van der Waals surface area contributed by atoms with Gasteiger partial charge in [0.05, 0.1) is 11.6 Å². The number of unbranched alkanes of at least 4 members (excludes halogenated alkanes) is 6. The highest BCUT2D eigenvalue weighted by atomic mass is 35.5. The Labute approximate surface area is 165 Å². The fourth-order valence-corrected chi connectivity index (χ4v) is 2.68. The van der Waals surface area contributed by atoms with Gasteiger partial charge in [-0.2, -0.15) is 0 Å². The van der Waals surface area contributed by atoms with Gasteiger partial charge in [0.1, 0.15) is 0 Å². The molecule has 0 aliphatic carbocycles. The first-order valence-corrected chi connectivity index (χ1v) is 9.83. The molecule has 0 N–H and O–H groups in total. The summed E-state index contributed by atoms with van der Waals surface area (Å²) in [6.45, 7) is 4.10. The summed E-state index contributed by atoms with van der Waals surface area (Å²) in [7, 11) is 0. The molecule has 1 rings (SSSR count). The van der Waals surface area contributed by atoms with Crippen molar-refractivity contribution in [1.29, 1.82) is 0 Å². The summed E-state index contributed by atoms with van der Waals surface area (Å²) in [5, 5.41) is 0.0310. The minimum absolute atomic E-state index is 0.00945. The van der Waals surface area contributed by atoms with Crippen LogP contribution in [0.2, 0.25) is 5.02 Å². The molecule has 0 saturated heterocycles. The van der Waals surface area contributed by atoms with E-state index in [0.717, 1.165) is 31.7 Å². The van der Waals surface area contributed by atoms with Crippen molar-refractivity contribution in [2.24, 2.45) is 0 Å². The van der Waals surface area contributed by atoms with Gasteiger partial charge in [0.25, 0.3) is 0 Å². The number of allylic oxidation sites excluding steroid dienone is 1. The molecular formula is C21H28ClFO4. The topological polar surface area (TPSA) is 52.6 Å². The van der Waals surface area contributed by atoms with Crippen LogP contribution >= 0.6 is 11.6 Å². The highest BCUT2D eigenvalue weighted by molar-refractivity contribution is 6.32. The SMILES string of the molecule is C=CCCCCCCCCOC(=O)CCCC(=O)Oc1c(F)cccc1Cl. The Morgan fingerprint density at radius 2 is 1.67 bits per heavy atom. The molecule has 0 atom stereocenters. The lowest BCUT2D eigenvalue weighted by atomic mass is 10.1. The van der Waals surface area contributed by atoms with Gasteiger partial charge in [-0.05, 0) is 37.8 Å². The average molecular weight is 399 g/mol. The molecule has 1 aromatic carbocycles. The van der Waals surface area contributed by atoms with E-state index in [1.54, 1.807) is 0 Å². The quantitative estimate of drug-likeness (QED) is 0.166. The van der Waals surface area contributed by atoms with Crippen molar-refractivity contribution in [3.8, 4) is 5.75 Å². The predicted molar refractivity (Wildman–Crippen MR) is 104 cm³/mol. The van der Waals surface area contributed by atoms with Crippen molar-refractivity contribution in [2.45, 2.75) is 64.2 Å². The third-order valence-electron chi connectivity index (χ3n) is 3.96. The van der Waals surface area contributed by atoms with Crippen molar-refractivity contribution >= 4 is 23.5 Å². The van der Waals surface area contributed by atoms with Crippen LogP contribution in [0.3, 0.4) is 0 Å². The predicted octanol–water partition coefficient (Wildman–Crippen LogP) is 6.01. The summed E-state index contributed by atoms with van der Waals surface area (Å²) in [6.07, 6.45) is 10.0. The summed E-state index contributed by atoms with van der Waals surface area (Å²) in [4.78, 5) is 23.4. The molecule has 0 aliphatic rings. The van der Waals surface area contributed by atoms with Gasteiger partial charge in [-0.15, -0.1) is 6.58 Å². The van der Waals surface area contributed by atoms with Crippen LogP contribution in [0.25, 0.3) is 0 Å². The Bertz CT molecular complexity index is 584. The number of carbonyl (C=O) groups is 2. The average Bonchev–Trinajstić information content (AvgIpc) is 2.63. The minimum Gasteiger partial charge on any atom is -0.466 e. The fourth-order valence-electron chi connectivity index (χ4n) is 2.48. The molecule has 0 bridgehead atoms. The van der Waals surface area contributed by atoms with Gasteiger partial charge in [0, 0.05) is 12.8 Å². The molecule has 0 spiro atoms. The van der Waals surface area contributed by atoms with Gasteiger partial charge in [-0.1, -0.05) is 49.4 Å². The fraction of sp³-hybridized carbons (Fsp3) is 0.524. The Morgan fingerprint density at radius 1 is 1.00 bits per heavy atom. The molecule has 0 fully saturated rings. The number of hydrogen-bond acceptors (Lipinski definition) is 4. The highest BCUT2D eigenvalue weighted by Crippen LogP contribution is 2.27. The van der Waals surface area contributed by atoms with Crippen LogP contribution in [0.15, 0.2) is 30.9 Å². The molecular weight excluding hydrogens is 371 g/mol. The largest absolute Gasteiger partial charge is 0.466 e. The second-order valence-corrected chi connectivity index (χ2v) is 6.70. The number of para-hydroxylation sites is 1. The molecule has 4 nitrogen and oxygen atoms in total. The summed E-state index contributed by atoms with van der Waals surface area (Å²) < 4.78 is 23.6. The number of hydrogen-bond donors (Lipinski definition) is 0. The van der Waals surface area contributed by atoms with Gasteiger partial charge in [-0.3, -0.25) is 9.59 Å². The van der Waals surface area contributed by atoms with Gasteiger partial charge in [0.2, 0.25) is 0 Å². The van der Waals surface area contributed by atoms with Gasteiger partial charge >= 0.3 is 11.9 Å². The number of carbonyl (C=O) groups excluding carboxylic acids is 2. The lowest BCUT2D eigenvalue weighted by Gasteiger charge is -2.07. The summed E-state index contributed by atoms with van der Waals surface area (Å²) in [6, 6.07) is 4.02. The zero-order chi connectivity index (χ0) is 19.9. The third-order valence-corrected chi connectivity index (χ3v) is 4.26. The zero-order valence-electron chi connectivity index (χ0n) is 15.7. The lowest BCUT2D eigenvalue weighted by Crippen LogP contribution is -2.11. The number of esters is 2. The van der Waals surface area contributed by atoms with Crippen LogP contribution in [0, 0.1) is 5.82 Å². The van der Waals surface area contributed by atoms with Crippen LogP contribution in [0.5, 0.6) is 5.75 Å². The summed E-state index contributed by atoms with van der Waals surface area (Å²) in [5.41, 5.74) is 0. The Kier molecular flexibility index (Phi) is 12.2. The van der Waals surface area contributed by atoms with Crippen LogP contribution in [-0.2, 0) is 14.3 Å². The van der Waals surface area contributed by atoms with Crippen molar-refractivity contribution in [3.63, 3.8) is 0 Å². The van der Waals surface area contributed by atoms with Crippen molar-refractivity contribution in [1.82, 2.24) is 0 Å². The van der Waals surface area contributed by atoms with Crippen molar-refractivity contribution in [3.05, 3.63) is 41.7 Å². The van der Waals surface area contributed by atoms with Gasteiger partial charge in [0.15, 0.2) is 11.6 Å². The molecule has 0 unspecified atom stereocenters. The van der Waals surface area contributed by atoms with E-state index in [9.17, 15) is 14.0 Å².